The van der Waals surface area contributed by atoms with E-state index in [1.54, 1.807) is 0 Å². The van der Waals surface area contributed by atoms with Gasteiger partial charge < -0.3 is 5.73 Å². The lowest BCUT2D eigenvalue weighted by molar-refractivity contribution is -0.137. The molecule has 0 spiro atoms. The zero-order chi connectivity index (χ0) is 10.9. The molecule has 0 atom stereocenters. The van der Waals surface area contributed by atoms with Crippen LogP contribution in [0.5, 0.6) is 0 Å². The largest absolute Gasteiger partial charge is 0.419 e. The van der Waals surface area contributed by atoms with Crippen LogP contribution >= 0.6 is 15.9 Å². The van der Waals surface area contributed by atoms with E-state index in [0.29, 0.717) is 4.47 Å². The topological polar surface area (TPSA) is 49.8 Å². The number of nitrogens with zero attached hydrogens (tertiary/aromatic N) is 1. The van der Waals surface area contributed by atoms with Crippen molar-refractivity contribution in [3.05, 3.63) is 27.7 Å². The fourth-order valence-electron chi connectivity index (χ4n) is 1.03. The fraction of sp³-hybridized carbons (Fsp3) is 0.125. The highest BCUT2D eigenvalue weighted by molar-refractivity contribution is 9.10. The molecule has 0 fully saturated rings. The quantitative estimate of drug-likeness (QED) is 0.733. The molecule has 74 valence electrons. The molecule has 2 N–H and O–H groups in total. The maximum atomic E-state index is 12.4. The summed E-state index contributed by atoms with van der Waals surface area (Å²) >= 11 is 2.96. The molecule has 0 heterocycles. The minimum atomic E-state index is -4.60. The number of hydrogen-bond donors (Lipinski definition) is 1. The predicted octanol–water partition coefficient (Wildman–Crippen LogP) is 2.92. The zero-order valence-electron chi connectivity index (χ0n) is 6.69. The molecule has 0 bridgehead atoms. The van der Waals surface area contributed by atoms with Gasteiger partial charge in [-0.3, -0.25) is 0 Å². The maximum Gasteiger partial charge on any atom is 0.419 e. The SMILES string of the molecule is N#Cc1cc(Br)cc(N)c1C(F)(F)F. The van der Waals surface area contributed by atoms with Crippen molar-refractivity contribution in [3.63, 3.8) is 0 Å². The van der Waals surface area contributed by atoms with Crippen LogP contribution in [0.3, 0.4) is 0 Å². The number of nitrogens with two attached hydrogens (primary N) is 1. The number of halogens is 4. The monoisotopic (exact) mass is 264 g/mol. The van der Waals surface area contributed by atoms with E-state index in [1.165, 1.54) is 6.07 Å². The van der Waals surface area contributed by atoms with Gasteiger partial charge >= 0.3 is 6.18 Å². The minimum absolute atomic E-state index is 0.347. The third-order valence-electron chi connectivity index (χ3n) is 1.54. The summed E-state index contributed by atoms with van der Waals surface area (Å²) in [6.07, 6.45) is -4.60. The summed E-state index contributed by atoms with van der Waals surface area (Å²) in [5.41, 5.74) is 3.17. The molecule has 0 radical (unpaired) electrons. The Balaban J connectivity index is 3.51. The van der Waals surface area contributed by atoms with Crippen LogP contribution in [0.15, 0.2) is 16.6 Å². The molecule has 6 heteroatoms. The Labute approximate surface area is 86.3 Å². The fourth-order valence-corrected chi connectivity index (χ4v) is 1.51. The molecule has 14 heavy (non-hydrogen) atoms. The van der Waals surface area contributed by atoms with E-state index < -0.39 is 23.0 Å². The van der Waals surface area contributed by atoms with Gasteiger partial charge in [0.15, 0.2) is 0 Å². The first-order valence-corrected chi connectivity index (χ1v) is 4.22. The summed E-state index contributed by atoms with van der Waals surface area (Å²) < 4.78 is 37.5. The maximum absolute atomic E-state index is 12.4. The minimum Gasteiger partial charge on any atom is -0.398 e. The van der Waals surface area contributed by atoms with Crippen molar-refractivity contribution in [2.24, 2.45) is 0 Å². The average molecular weight is 265 g/mol. The highest BCUT2D eigenvalue weighted by Crippen LogP contribution is 2.37. The van der Waals surface area contributed by atoms with E-state index in [2.05, 4.69) is 15.9 Å². The third kappa shape index (κ3) is 1.99. The van der Waals surface area contributed by atoms with Crippen LogP contribution in [-0.2, 0) is 6.18 Å². The number of alkyl halides is 3. The number of nitriles is 1. The standard InChI is InChI=1S/C8H4BrF3N2/c9-5-1-4(3-13)7(6(14)2-5)8(10,11)12/h1-2H,14H2. The van der Waals surface area contributed by atoms with Crippen molar-refractivity contribution in [2.75, 3.05) is 5.73 Å². The smallest absolute Gasteiger partial charge is 0.398 e. The van der Waals surface area contributed by atoms with Crippen LogP contribution in [0, 0.1) is 11.3 Å². The van der Waals surface area contributed by atoms with Crippen LogP contribution in [-0.4, -0.2) is 0 Å². The second-order valence-electron chi connectivity index (χ2n) is 2.53. The number of hydrogen-bond acceptors (Lipinski definition) is 2. The number of anilines is 1. The molecule has 1 rings (SSSR count). The molecule has 0 aliphatic carbocycles. The zero-order valence-corrected chi connectivity index (χ0v) is 8.28. The van der Waals surface area contributed by atoms with Crippen LogP contribution < -0.4 is 5.73 Å². The van der Waals surface area contributed by atoms with E-state index >= 15 is 0 Å². The molecule has 0 unspecified atom stereocenters. The van der Waals surface area contributed by atoms with Crippen molar-refractivity contribution in [1.29, 1.82) is 5.26 Å². The Kier molecular flexibility index (Phi) is 2.71. The Bertz CT molecular complexity index is 406. The lowest BCUT2D eigenvalue weighted by Crippen LogP contribution is -2.11. The van der Waals surface area contributed by atoms with Gasteiger partial charge in [-0.1, -0.05) is 15.9 Å². The van der Waals surface area contributed by atoms with Crippen molar-refractivity contribution >= 4 is 21.6 Å². The molecule has 2 nitrogen and oxygen atoms in total. The third-order valence-corrected chi connectivity index (χ3v) is 2.00. The van der Waals surface area contributed by atoms with Gasteiger partial charge in [0.25, 0.3) is 0 Å². The average Bonchev–Trinajstić information content (AvgIpc) is 1.99. The molecule has 0 amide bonds. The van der Waals surface area contributed by atoms with Crippen LogP contribution in [0.4, 0.5) is 18.9 Å². The second kappa shape index (κ2) is 3.50. The lowest BCUT2D eigenvalue weighted by atomic mass is 10.1. The van der Waals surface area contributed by atoms with Crippen molar-refractivity contribution in [1.82, 2.24) is 0 Å². The Morgan fingerprint density at radius 1 is 1.36 bits per heavy atom. The summed E-state index contributed by atoms with van der Waals surface area (Å²) in [6, 6.07) is 3.65. The first-order chi connectivity index (χ1) is 6.36. The van der Waals surface area contributed by atoms with Gasteiger partial charge in [-0.05, 0) is 12.1 Å². The van der Waals surface area contributed by atoms with Gasteiger partial charge in [0.1, 0.15) is 0 Å². The molecule has 0 saturated carbocycles. The summed E-state index contributed by atoms with van der Waals surface area (Å²) in [5.74, 6) is 0. The van der Waals surface area contributed by atoms with Gasteiger partial charge in [0, 0.05) is 10.2 Å². The van der Waals surface area contributed by atoms with Crippen LogP contribution in [0.1, 0.15) is 11.1 Å². The normalized spacial score (nSPS) is 11.1. The second-order valence-corrected chi connectivity index (χ2v) is 3.44. The van der Waals surface area contributed by atoms with Crippen molar-refractivity contribution in [2.45, 2.75) is 6.18 Å². The lowest BCUT2D eigenvalue weighted by Gasteiger charge is -2.11. The van der Waals surface area contributed by atoms with Gasteiger partial charge in [0.05, 0.1) is 17.2 Å². The molecule has 0 saturated heterocycles. The highest BCUT2D eigenvalue weighted by atomic mass is 79.9. The van der Waals surface area contributed by atoms with E-state index in [-0.39, 0.29) is 0 Å². The molecular formula is C8H4BrF3N2. The molecule has 1 aromatic carbocycles. The predicted molar refractivity (Wildman–Crippen MR) is 48.3 cm³/mol. The summed E-state index contributed by atoms with van der Waals surface area (Å²) in [7, 11) is 0. The summed E-state index contributed by atoms with van der Waals surface area (Å²) in [5, 5.41) is 8.50. The highest BCUT2D eigenvalue weighted by Gasteiger charge is 2.36. The number of rotatable bonds is 0. The van der Waals surface area contributed by atoms with E-state index in [4.69, 9.17) is 11.0 Å². The summed E-state index contributed by atoms with van der Waals surface area (Å²) in [6.45, 7) is 0. The van der Waals surface area contributed by atoms with Crippen molar-refractivity contribution < 1.29 is 13.2 Å². The van der Waals surface area contributed by atoms with Gasteiger partial charge in [-0.15, -0.1) is 0 Å². The van der Waals surface area contributed by atoms with E-state index in [0.717, 1.165) is 12.1 Å². The molecule has 0 aliphatic heterocycles. The Morgan fingerprint density at radius 3 is 2.36 bits per heavy atom. The van der Waals surface area contributed by atoms with Gasteiger partial charge in [-0.2, -0.15) is 18.4 Å². The molecule has 0 aromatic heterocycles. The van der Waals surface area contributed by atoms with Crippen molar-refractivity contribution in [3.8, 4) is 6.07 Å². The van der Waals surface area contributed by atoms with Crippen LogP contribution in [0.2, 0.25) is 0 Å². The van der Waals surface area contributed by atoms with Gasteiger partial charge in [-0.25, -0.2) is 0 Å². The van der Waals surface area contributed by atoms with Crippen LogP contribution in [0.25, 0.3) is 0 Å². The Morgan fingerprint density at radius 2 is 1.93 bits per heavy atom. The van der Waals surface area contributed by atoms with E-state index in [9.17, 15) is 13.2 Å². The summed E-state index contributed by atoms with van der Waals surface area (Å²) in [4.78, 5) is 0. The van der Waals surface area contributed by atoms with E-state index in [1.807, 2.05) is 0 Å². The molecule has 1 aromatic rings. The Hall–Kier alpha value is -1.22. The first-order valence-electron chi connectivity index (χ1n) is 3.42. The molecule has 0 aliphatic rings. The van der Waals surface area contributed by atoms with Gasteiger partial charge in [0.2, 0.25) is 0 Å². The number of nitrogen functional groups attached to an aromatic ring is 1. The number of benzene rings is 1. The molecular weight excluding hydrogens is 261 g/mol. The first kappa shape index (κ1) is 10.9.